The van der Waals surface area contributed by atoms with Crippen molar-refractivity contribution in [3.8, 4) is 5.75 Å². The van der Waals surface area contributed by atoms with Crippen LogP contribution in [0.5, 0.6) is 5.75 Å². The first kappa shape index (κ1) is 15.6. The van der Waals surface area contributed by atoms with Crippen LogP contribution in [-0.4, -0.2) is 6.54 Å². The first-order chi connectivity index (χ1) is 10.2. The lowest BCUT2D eigenvalue weighted by Crippen LogP contribution is -2.13. The zero-order valence-corrected chi connectivity index (χ0v) is 13.3. The van der Waals surface area contributed by atoms with Gasteiger partial charge in [-0.1, -0.05) is 48.4 Å². The maximum atomic E-state index is 5.92. The van der Waals surface area contributed by atoms with Crippen LogP contribution in [0.25, 0.3) is 0 Å². The molecule has 112 valence electrons. The van der Waals surface area contributed by atoms with Crippen LogP contribution in [0, 0.1) is 13.8 Å². The molecule has 0 aliphatic rings. The lowest BCUT2D eigenvalue weighted by molar-refractivity contribution is 0.305. The maximum absolute atomic E-state index is 5.92. The summed E-state index contributed by atoms with van der Waals surface area (Å²) in [7, 11) is 0. The highest BCUT2D eigenvalue weighted by molar-refractivity contribution is 5.31. The molecule has 0 aromatic heterocycles. The summed E-state index contributed by atoms with van der Waals surface area (Å²) in [5.41, 5.74) is 5.06. The topological polar surface area (TPSA) is 21.3 Å². The van der Waals surface area contributed by atoms with Crippen molar-refractivity contribution in [3.63, 3.8) is 0 Å². The Morgan fingerprint density at radius 3 is 2.43 bits per heavy atom. The molecule has 0 atom stereocenters. The molecule has 0 saturated heterocycles. The minimum absolute atomic E-state index is 0.619. The third-order valence-electron chi connectivity index (χ3n) is 3.34. The van der Waals surface area contributed by atoms with Crippen molar-refractivity contribution in [2.75, 3.05) is 6.54 Å². The molecule has 0 fully saturated rings. The van der Waals surface area contributed by atoms with Gasteiger partial charge in [0.1, 0.15) is 12.4 Å². The van der Waals surface area contributed by atoms with E-state index in [1.54, 1.807) is 0 Å². The van der Waals surface area contributed by atoms with Gasteiger partial charge in [-0.3, -0.25) is 0 Å². The summed E-state index contributed by atoms with van der Waals surface area (Å²) >= 11 is 0. The van der Waals surface area contributed by atoms with E-state index < -0.39 is 0 Å². The average molecular weight is 283 g/mol. The zero-order valence-electron chi connectivity index (χ0n) is 13.3. The first-order valence-electron chi connectivity index (χ1n) is 7.67. The van der Waals surface area contributed by atoms with E-state index in [2.05, 4.69) is 62.5 Å². The summed E-state index contributed by atoms with van der Waals surface area (Å²) in [6.07, 6.45) is 1.16. The molecule has 2 rings (SSSR count). The van der Waals surface area contributed by atoms with Gasteiger partial charge in [-0.05, 0) is 50.1 Å². The van der Waals surface area contributed by atoms with Crippen LogP contribution in [0.2, 0.25) is 0 Å². The van der Waals surface area contributed by atoms with Crippen LogP contribution in [0.15, 0.2) is 42.5 Å². The predicted octanol–water partition coefficient (Wildman–Crippen LogP) is 4.38. The molecule has 1 N–H and O–H groups in total. The molecule has 2 aromatic carbocycles. The molecule has 0 amide bonds. The van der Waals surface area contributed by atoms with Crippen molar-refractivity contribution in [2.24, 2.45) is 0 Å². The van der Waals surface area contributed by atoms with Gasteiger partial charge in [0.05, 0.1) is 0 Å². The van der Waals surface area contributed by atoms with Crippen LogP contribution in [0.3, 0.4) is 0 Å². The molecule has 21 heavy (non-hydrogen) atoms. The SMILES string of the molecule is CCCNCc1cccc(OCc2cc(C)cc(C)c2)c1. The smallest absolute Gasteiger partial charge is 0.120 e. The van der Waals surface area contributed by atoms with Crippen LogP contribution in [-0.2, 0) is 13.2 Å². The summed E-state index contributed by atoms with van der Waals surface area (Å²) in [6, 6.07) is 14.9. The van der Waals surface area contributed by atoms with Gasteiger partial charge in [0.25, 0.3) is 0 Å². The third-order valence-corrected chi connectivity index (χ3v) is 3.34. The number of ether oxygens (including phenoxy) is 1. The van der Waals surface area contributed by atoms with Crippen molar-refractivity contribution >= 4 is 0 Å². The van der Waals surface area contributed by atoms with E-state index in [4.69, 9.17) is 4.74 Å². The van der Waals surface area contributed by atoms with Gasteiger partial charge in [0, 0.05) is 6.54 Å². The molecule has 2 nitrogen and oxygen atoms in total. The zero-order chi connectivity index (χ0) is 15.1. The minimum Gasteiger partial charge on any atom is -0.489 e. The molecular formula is C19H25NO. The highest BCUT2D eigenvalue weighted by Crippen LogP contribution is 2.16. The Hall–Kier alpha value is -1.80. The monoisotopic (exact) mass is 283 g/mol. The molecular weight excluding hydrogens is 258 g/mol. The normalized spacial score (nSPS) is 10.6. The van der Waals surface area contributed by atoms with Crippen molar-refractivity contribution in [1.29, 1.82) is 0 Å². The van der Waals surface area contributed by atoms with Gasteiger partial charge < -0.3 is 10.1 Å². The fourth-order valence-corrected chi connectivity index (χ4v) is 2.47. The van der Waals surface area contributed by atoms with Gasteiger partial charge in [0.2, 0.25) is 0 Å². The number of nitrogens with one attached hydrogen (secondary N) is 1. The van der Waals surface area contributed by atoms with Crippen molar-refractivity contribution in [2.45, 2.75) is 40.3 Å². The molecule has 0 aliphatic heterocycles. The highest BCUT2D eigenvalue weighted by Gasteiger charge is 2.00. The Kier molecular flexibility index (Phi) is 5.82. The van der Waals surface area contributed by atoms with Crippen molar-refractivity contribution < 1.29 is 4.74 Å². The lowest BCUT2D eigenvalue weighted by atomic mass is 10.1. The summed E-state index contributed by atoms with van der Waals surface area (Å²) < 4.78 is 5.92. The van der Waals surface area contributed by atoms with E-state index in [9.17, 15) is 0 Å². The van der Waals surface area contributed by atoms with E-state index in [1.165, 1.54) is 22.3 Å². The average Bonchev–Trinajstić information content (AvgIpc) is 2.45. The van der Waals surface area contributed by atoms with Crippen molar-refractivity contribution in [3.05, 3.63) is 64.7 Å². The molecule has 0 spiro atoms. The van der Waals surface area contributed by atoms with Gasteiger partial charge in [-0.25, -0.2) is 0 Å². The number of hydrogen-bond acceptors (Lipinski definition) is 2. The summed E-state index contributed by atoms with van der Waals surface area (Å²) in [4.78, 5) is 0. The number of benzene rings is 2. The second-order valence-corrected chi connectivity index (χ2v) is 5.61. The Morgan fingerprint density at radius 1 is 0.952 bits per heavy atom. The van der Waals surface area contributed by atoms with Crippen LogP contribution >= 0.6 is 0 Å². The standard InChI is InChI=1S/C19H25NO/c1-4-8-20-13-17-6-5-7-19(12-17)21-14-18-10-15(2)9-16(3)11-18/h5-7,9-12,20H,4,8,13-14H2,1-3H3. The van der Waals surface area contributed by atoms with E-state index >= 15 is 0 Å². The fourth-order valence-electron chi connectivity index (χ4n) is 2.47. The van der Waals surface area contributed by atoms with Crippen LogP contribution < -0.4 is 10.1 Å². The molecule has 2 aromatic rings. The summed E-state index contributed by atoms with van der Waals surface area (Å²) in [5, 5.41) is 3.41. The van der Waals surface area contributed by atoms with E-state index in [1.807, 2.05) is 6.07 Å². The van der Waals surface area contributed by atoms with E-state index in [-0.39, 0.29) is 0 Å². The molecule has 0 bridgehead atoms. The van der Waals surface area contributed by atoms with Crippen LogP contribution in [0.1, 0.15) is 35.6 Å². The molecule has 0 saturated carbocycles. The molecule has 0 unspecified atom stereocenters. The Balaban J connectivity index is 1.94. The number of aryl methyl sites for hydroxylation is 2. The third kappa shape index (κ3) is 5.24. The van der Waals surface area contributed by atoms with Gasteiger partial charge in [-0.15, -0.1) is 0 Å². The van der Waals surface area contributed by atoms with Gasteiger partial charge in [0.15, 0.2) is 0 Å². The number of hydrogen-bond donors (Lipinski definition) is 1. The molecule has 0 heterocycles. The predicted molar refractivity (Wildman–Crippen MR) is 88.7 cm³/mol. The Bertz CT molecular complexity index is 557. The quantitative estimate of drug-likeness (QED) is 0.761. The van der Waals surface area contributed by atoms with E-state index in [0.29, 0.717) is 6.61 Å². The largest absolute Gasteiger partial charge is 0.489 e. The molecule has 2 heteroatoms. The fraction of sp³-hybridized carbons (Fsp3) is 0.368. The van der Waals surface area contributed by atoms with Crippen molar-refractivity contribution in [1.82, 2.24) is 5.32 Å². The van der Waals surface area contributed by atoms with Gasteiger partial charge >= 0.3 is 0 Å². The van der Waals surface area contributed by atoms with Gasteiger partial charge in [-0.2, -0.15) is 0 Å². The first-order valence-corrected chi connectivity index (χ1v) is 7.67. The van der Waals surface area contributed by atoms with Crippen LogP contribution in [0.4, 0.5) is 0 Å². The number of rotatable bonds is 7. The second kappa shape index (κ2) is 7.84. The van der Waals surface area contributed by atoms with E-state index in [0.717, 1.165) is 25.3 Å². The Morgan fingerprint density at radius 2 is 1.71 bits per heavy atom. The molecule has 0 aliphatic carbocycles. The lowest BCUT2D eigenvalue weighted by Gasteiger charge is -2.10. The molecule has 0 radical (unpaired) electrons. The maximum Gasteiger partial charge on any atom is 0.120 e. The second-order valence-electron chi connectivity index (χ2n) is 5.61. The summed E-state index contributed by atoms with van der Waals surface area (Å²) in [6.45, 7) is 8.99. The highest BCUT2D eigenvalue weighted by atomic mass is 16.5. The Labute approximate surface area is 128 Å². The summed E-state index contributed by atoms with van der Waals surface area (Å²) in [5.74, 6) is 0.935. The minimum atomic E-state index is 0.619.